The summed E-state index contributed by atoms with van der Waals surface area (Å²) in [6.07, 6.45) is 0. The van der Waals surface area contributed by atoms with Crippen LogP contribution in [-0.2, 0) is 5.41 Å². The van der Waals surface area contributed by atoms with Crippen LogP contribution in [0.3, 0.4) is 0 Å². The molecular weight excluding hydrogens is 398 g/mol. The third-order valence-electron chi connectivity index (χ3n) is 6.17. The predicted molar refractivity (Wildman–Crippen MR) is 143 cm³/mol. The smallest absolute Gasteiger partial charge is 0.0387 e. The van der Waals surface area contributed by atoms with Gasteiger partial charge in [0.1, 0.15) is 0 Å². The van der Waals surface area contributed by atoms with Gasteiger partial charge in [-0.2, -0.15) is 0 Å². The van der Waals surface area contributed by atoms with Gasteiger partial charge in [0.2, 0.25) is 0 Å². The van der Waals surface area contributed by atoms with Gasteiger partial charge in [-0.05, 0) is 74.3 Å². The summed E-state index contributed by atoms with van der Waals surface area (Å²) in [6, 6.07) is 41.2. The lowest BCUT2D eigenvalue weighted by molar-refractivity contribution is 0.592. The summed E-state index contributed by atoms with van der Waals surface area (Å²) in [5, 5.41) is 6.15. The summed E-state index contributed by atoms with van der Waals surface area (Å²) in [4.78, 5) is 0. The van der Waals surface area contributed by atoms with Crippen molar-refractivity contribution in [3.63, 3.8) is 0 Å². The van der Waals surface area contributed by atoms with Gasteiger partial charge < -0.3 is 5.32 Å². The maximum Gasteiger partial charge on any atom is 0.0387 e. The van der Waals surface area contributed by atoms with Crippen molar-refractivity contribution in [1.29, 1.82) is 0 Å². The van der Waals surface area contributed by atoms with Crippen LogP contribution >= 0.6 is 0 Å². The number of anilines is 2. The maximum atomic E-state index is 3.60. The van der Waals surface area contributed by atoms with E-state index < -0.39 is 0 Å². The van der Waals surface area contributed by atoms with Crippen molar-refractivity contribution in [2.75, 3.05) is 5.32 Å². The van der Waals surface area contributed by atoms with Crippen molar-refractivity contribution < 1.29 is 0 Å². The molecule has 5 rings (SSSR count). The Hall–Kier alpha value is -3.84. The Morgan fingerprint density at radius 2 is 1.09 bits per heavy atom. The van der Waals surface area contributed by atoms with E-state index in [-0.39, 0.29) is 5.41 Å². The Labute approximate surface area is 196 Å². The molecule has 0 amide bonds. The van der Waals surface area contributed by atoms with Crippen molar-refractivity contribution in [3.8, 4) is 22.3 Å². The molecule has 1 N–H and O–H groups in total. The fourth-order valence-electron chi connectivity index (χ4n) is 4.39. The van der Waals surface area contributed by atoms with Crippen molar-refractivity contribution in [2.45, 2.75) is 26.2 Å². The molecule has 0 aliphatic carbocycles. The topological polar surface area (TPSA) is 12.0 Å². The van der Waals surface area contributed by atoms with E-state index in [9.17, 15) is 0 Å². The molecule has 0 heterocycles. The zero-order valence-corrected chi connectivity index (χ0v) is 19.5. The van der Waals surface area contributed by atoms with Crippen molar-refractivity contribution in [1.82, 2.24) is 0 Å². The Morgan fingerprint density at radius 1 is 0.485 bits per heavy atom. The van der Waals surface area contributed by atoms with Crippen LogP contribution in [0.5, 0.6) is 0 Å². The summed E-state index contributed by atoms with van der Waals surface area (Å²) >= 11 is 0. The second-order valence-electron chi connectivity index (χ2n) is 9.64. The van der Waals surface area contributed by atoms with Gasteiger partial charge in [0.25, 0.3) is 0 Å². The fourth-order valence-corrected chi connectivity index (χ4v) is 4.39. The molecule has 0 saturated heterocycles. The Balaban J connectivity index is 1.47. The molecule has 5 aromatic carbocycles. The molecule has 0 radical (unpaired) electrons. The molecule has 0 aromatic heterocycles. The number of rotatable bonds is 4. The van der Waals surface area contributed by atoms with Crippen LogP contribution in [0.1, 0.15) is 26.3 Å². The minimum atomic E-state index is 0.0236. The predicted octanol–water partition coefficient (Wildman–Crippen LogP) is 9.21. The first kappa shape index (κ1) is 21.0. The highest BCUT2D eigenvalue weighted by atomic mass is 14.9. The zero-order chi connectivity index (χ0) is 22.8. The minimum Gasteiger partial charge on any atom is -0.356 e. The number of hydrogen-bond donors (Lipinski definition) is 1. The van der Waals surface area contributed by atoms with Gasteiger partial charge in [0, 0.05) is 11.4 Å². The molecule has 0 spiro atoms. The Bertz CT molecular complexity index is 1390. The molecule has 1 nitrogen and oxygen atoms in total. The van der Waals surface area contributed by atoms with Crippen molar-refractivity contribution in [2.24, 2.45) is 0 Å². The van der Waals surface area contributed by atoms with Crippen molar-refractivity contribution in [3.05, 3.63) is 121 Å². The van der Waals surface area contributed by atoms with Crippen LogP contribution in [0.4, 0.5) is 11.4 Å². The molecule has 0 atom stereocenters. The molecule has 0 aliphatic heterocycles. The molecule has 5 aromatic rings. The van der Waals surface area contributed by atoms with Crippen molar-refractivity contribution >= 4 is 22.1 Å². The van der Waals surface area contributed by atoms with E-state index >= 15 is 0 Å². The van der Waals surface area contributed by atoms with Gasteiger partial charge >= 0.3 is 0 Å². The third kappa shape index (κ3) is 4.54. The van der Waals surface area contributed by atoms with E-state index in [2.05, 4.69) is 135 Å². The molecule has 0 bridgehead atoms. The fraction of sp³-hybridized carbons (Fsp3) is 0.125. The van der Waals surface area contributed by atoms with E-state index in [1.165, 1.54) is 38.6 Å². The zero-order valence-electron chi connectivity index (χ0n) is 19.5. The molecule has 0 fully saturated rings. The number of hydrogen-bond acceptors (Lipinski definition) is 1. The first-order chi connectivity index (χ1) is 16.0. The molecule has 0 aliphatic rings. The number of nitrogens with one attached hydrogen (secondary N) is 1. The van der Waals surface area contributed by atoms with Crippen LogP contribution in [0.2, 0.25) is 0 Å². The second kappa shape index (κ2) is 8.60. The van der Waals surface area contributed by atoms with Crippen LogP contribution < -0.4 is 5.32 Å². The molecule has 0 saturated carbocycles. The lowest BCUT2D eigenvalue weighted by Gasteiger charge is -2.24. The first-order valence-electron chi connectivity index (χ1n) is 11.5. The average molecular weight is 428 g/mol. The van der Waals surface area contributed by atoms with Crippen LogP contribution in [-0.4, -0.2) is 0 Å². The Morgan fingerprint density at radius 3 is 1.82 bits per heavy atom. The summed E-state index contributed by atoms with van der Waals surface area (Å²) in [6.45, 7) is 6.85. The summed E-state index contributed by atoms with van der Waals surface area (Å²) in [7, 11) is 0. The van der Waals surface area contributed by atoms with E-state index in [1.807, 2.05) is 6.07 Å². The SMILES string of the molecule is CC(C)(C)c1cc(Nc2ccc(-c3ccccc3)cc2)ccc1-c1ccc2ccccc2c1. The van der Waals surface area contributed by atoms with Gasteiger partial charge in [-0.3, -0.25) is 0 Å². The van der Waals surface area contributed by atoms with Crippen LogP contribution in [0.15, 0.2) is 115 Å². The largest absolute Gasteiger partial charge is 0.356 e. The lowest BCUT2D eigenvalue weighted by atomic mass is 9.81. The summed E-state index contributed by atoms with van der Waals surface area (Å²) < 4.78 is 0. The maximum absolute atomic E-state index is 3.60. The van der Waals surface area contributed by atoms with Gasteiger partial charge in [-0.15, -0.1) is 0 Å². The third-order valence-corrected chi connectivity index (χ3v) is 6.17. The molecular formula is C32H29N. The van der Waals surface area contributed by atoms with E-state index in [0.29, 0.717) is 0 Å². The second-order valence-corrected chi connectivity index (χ2v) is 9.64. The normalized spacial score (nSPS) is 11.5. The highest BCUT2D eigenvalue weighted by Crippen LogP contribution is 2.37. The van der Waals surface area contributed by atoms with Crippen LogP contribution in [0.25, 0.3) is 33.0 Å². The Kier molecular flexibility index (Phi) is 5.48. The van der Waals surface area contributed by atoms with E-state index in [0.717, 1.165) is 11.4 Å². The monoisotopic (exact) mass is 427 g/mol. The standard InChI is InChI=1S/C32H29N/c1-32(2,3)31-22-29(33-28-17-15-25(16-18-28)23-9-5-4-6-10-23)19-20-30(31)27-14-13-24-11-7-8-12-26(24)21-27/h4-22,33H,1-3H3. The molecule has 162 valence electrons. The molecule has 0 unspecified atom stereocenters. The highest BCUT2D eigenvalue weighted by Gasteiger charge is 2.19. The van der Waals surface area contributed by atoms with E-state index in [4.69, 9.17) is 0 Å². The van der Waals surface area contributed by atoms with Gasteiger partial charge in [0.15, 0.2) is 0 Å². The van der Waals surface area contributed by atoms with Gasteiger partial charge in [-0.1, -0.05) is 106 Å². The first-order valence-corrected chi connectivity index (χ1v) is 11.5. The lowest BCUT2D eigenvalue weighted by Crippen LogP contribution is -2.13. The quantitative estimate of drug-likeness (QED) is 0.301. The average Bonchev–Trinajstić information content (AvgIpc) is 2.84. The molecule has 1 heteroatoms. The minimum absolute atomic E-state index is 0.0236. The highest BCUT2D eigenvalue weighted by molar-refractivity contribution is 5.88. The van der Waals surface area contributed by atoms with E-state index in [1.54, 1.807) is 0 Å². The number of fused-ring (bicyclic) bond motifs is 1. The molecule has 33 heavy (non-hydrogen) atoms. The van der Waals surface area contributed by atoms with Gasteiger partial charge in [-0.25, -0.2) is 0 Å². The summed E-state index contributed by atoms with van der Waals surface area (Å²) in [5.41, 5.74) is 8.57. The number of benzene rings is 5. The van der Waals surface area contributed by atoms with Gasteiger partial charge in [0.05, 0.1) is 0 Å². The van der Waals surface area contributed by atoms with Crippen LogP contribution in [0, 0.1) is 0 Å². The summed E-state index contributed by atoms with van der Waals surface area (Å²) in [5.74, 6) is 0.